The molecule has 1 saturated heterocycles. The largest absolute Gasteiger partial charge is 0.507 e. The molecule has 22 nitrogen and oxygen atoms in total. The van der Waals surface area contributed by atoms with Crippen molar-refractivity contribution < 1.29 is 76.8 Å². The Balaban J connectivity index is 1.44. The number of ether oxygens (including phenoxy) is 6. The van der Waals surface area contributed by atoms with Crippen molar-refractivity contribution in [2.75, 3.05) is 64.8 Å². The van der Waals surface area contributed by atoms with E-state index in [2.05, 4.69) is 34.4 Å². The third-order valence-corrected chi connectivity index (χ3v) is 17.9. The standard InChI is InChI=1S/C60H86N6O16P2/c1-13-14-29-78-58(74)61-24-28-65(25-16-15-20-43(83-75)84-76)32-42(68)81-53-34(4)18-17-19-35(5)57(73)62-49-48-47(63-60(64-48)22-26-66(27-23-60)31-33(2)3)44-45(52(49)71)51(70)39(9)55-46(44)56(72)59(11,82-55)79-30-21-41(77-12)36(6)54(80-40(10)67)38(8)50(69)37(53)7/h17-19,21,30,33-34,36-38,41,43,50,53-54,63,69-71H,13-16,20,22-29,31-32H2,1-12H3,(H,61,74)/b18-17-,30-21?,35-19?,62-49?. The molecule has 7 rings (SSSR count). The molecule has 0 saturated carbocycles. The molecular formula is C60H86N6O16P2. The number of hydrogen-bond acceptors (Lipinski definition) is 20. The molecule has 5 heterocycles. The summed E-state index contributed by atoms with van der Waals surface area (Å²) in [6.07, 6.45) is 6.84. The monoisotopic (exact) mass is 1210 g/mol. The highest BCUT2D eigenvalue weighted by Crippen LogP contribution is 2.51. The molecule has 2 aromatic carbocycles. The van der Waals surface area contributed by atoms with Gasteiger partial charge in [-0.05, 0) is 51.6 Å². The molecule has 2 amide bonds. The van der Waals surface area contributed by atoms with Crippen LogP contribution in [0.15, 0.2) is 46.1 Å². The molecule has 5 aliphatic rings. The number of carbonyl (C=O) groups excluding carboxylic acids is 5. The molecule has 462 valence electrons. The highest BCUT2D eigenvalue weighted by atomic mass is 31.1. The molecule has 5 aliphatic heterocycles. The first-order chi connectivity index (χ1) is 39.8. The van der Waals surface area contributed by atoms with Crippen molar-refractivity contribution >= 4 is 63.1 Å². The summed E-state index contributed by atoms with van der Waals surface area (Å²) >= 11 is 0. The maximum Gasteiger partial charge on any atom is 0.407 e. The Morgan fingerprint density at radius 3 is 2.27 bits per heavy atom. The first-order valence-corrected chi connectivity index (χ1v) is 31.0. The van der Waals surface area contributed by atoms with Gasteiger partial charge in [0.05, 0.1) is 48.3 Å². The predicted molar refractivity (Wildman–Crippen MR) is 315 cm³/mol. The van der Waals surface area contributed by atoms with E-state index in [4.69, 9.17) is 33.4 Å². The highest BCUT2D eigenvalue weighted by molar-refractivity contribution is 7.44. The van der Waals surface area contributed by atoms with Crippen LogP contribution in [0.4, 0.5) is 10.5 Å². The molecule has 0 radical (unpaired) electrons. The fourth-order valence-electron chi connectivity index (χ4n) is 11.5. The maximum atomic E-state index is 15.0. The molecule has 9 unspecified atom stereocenters. The molecule has 1 fully saturated rings. The van der Waals surface area contributed by atoms with E-state index in [-0.39, 0.29) is 92.8 Å². The van der Waals surface area contributed by atoms with Gasteiger partial charge in [-0.1, -0.05) is 79.5 Å². The molecule has 9 atom stereocenters. The lowest BCUT2D eigenvalue weighted by Crippen LogP contribution is -2.48. The number of phenols is 2. The molecule has 84 heavy (non-hydrogen) atoms. The van der Waals surface area contributed by atoms with E-state index >= 15 is 0 Å². The van der Waals surface area contributed by atoms with Gasteiger partial charge in [0, 0.05) is 107 Å². The Labute approximate surface area is 495 Å². The number of alkyl carbamates (subject to hydrolysis) is 1. The summed E-state index contributed by atoms with van der Waals surface area (Å²) in [7, 11) is 0.966. The maximum absolute atomic E-state index is 15.0. The topological polar surface area (TPSA) is 291 Å². The van der Waals surface area contributed by atoms with E-state index in [9.17, 15) is 48.4 Å². The number of nitrogens with zero attached hydrogens (tertiary/aromatic N) is 4. The van der Waals surface area contributed by atoms with Gasteiger partial charge in [0.1, 0.15) is 45.5 Å². The summed E-state index contributed by atoms with van der Waals surface area (Å²) in [5, 5.41) is 42.4. The number of piperidine rings is 1. The number of allylic oxidation sites excluding steroid dienone is 2. The second-order valence-electron chi connectivity index (χ2n) is 23.3. The number of hydrogen-bond donors (Lipinski definition) is 5. The number of aliphatic hydroxyl groups is 1. The van der Waals surface area contributed by atoms with E-state index in [1.807, 2.05) is 6.92 Å². The van der Waals surface area contributed by atoms with Gasteiger partial charge in [-0.25, -0.2) is 9.79 Å². The number of methoxy groups -OCH3 is 1. The van der Waals surface area contributed by atoms with Gasteiger partial charge in [0.15, 0.2) is 22.7 Å². The van der Waals surface area contributed by atoms with Crippen molar-refractivity contribution in [1.29, 1.82) is 0 Å². The Kier molecular flexibility index (Phi) is 24.0. The molecular weight excluding hydrogens is 1120 g/mol. The average Bonchev–Trinajstić information content (AvgIpc) is 1.80. The summed E-state index contributed by atoms with van der Waals surface area (Å²) in [6, 6.07) is 0. The van der Waals surface area contributed by atoms with E-state index in [1.165, 1.54) is 53.2 Å². The Hall–Kier alpha value is -5.89. The van der Waals surface area contributed by atoms with Crippen LogP contribution in [-0.4, -0.2) is 156 Å². The minimum absolute atomic E-state index is 0.0138. The number of anilines is 1. The lowest BCUT2D eigenvalue weighted by molar-refractivity contribution is -0.166. The van der Waals surface area contributed by atoms with Crippen LogP contribution in [0, 0.1) is 36.5 Å². The number of rotatable bonds is 20. The number of aromatic hydroxyl groups is 2. The van der Waals surface area contributed by atoms with Crippen LogP contribution < -0.4 is 26.1 Å². The number of benzene rings is 2. The second kappa shape index (κ2) is 30.0. The first-order valence-electron chi connectivity index (χ1n) is 29.2. The smallest absolute Gasteiger partial charge is 0.407 e. The molecule has 24 heteroatoms. The molecule has 0 aromatic heterocycles. The van der Waals surface area contributed by atoms with Gasteiger partial charge >= 0.3 is 23.8 Å². The van der Waals surface area contributed by atoms with Gasteiger partial charge in [-0.3, -0.25) is 38.2 Å². The molecule has 5 bridgehead atoms. The Morgan fingerprint density at radius 1 is 0.940 bits per heavy atom. The number of esters is 2. The summed E-state index contributed by atoms with van der Waals surface area (Å²) in [4.78, 5) is 82.8. The fourth-order valence-corrected chi connectivity index (χ4v) is 12.3. The quantitative estimate of drug-likeness (QED) is 0.0274. The summed E-state index contributed by atoms with van der Waals surface area (Å²) in [6.45, 7) is 21.9. The number of aliphatic hydroxyl groups excluding tert-OH is 1. The average molecular weight is 1210 g/mol. The number of unbranched alkanes of at least 4 members (excludes halogenated alkanes) is 2. The third-order valence-electron chi connectivity index (χ3n) is 16.4. The van der Waals surface area contributed by atoms with Gasteiger partial charge in [-0.2, -0.15) is 0 Å². The van der Waals surface area contributed by atoms with Crippen molar-refractivity contribution in [2.24, 2.45) is 39.6 Å². The first kappa shape index (κ1) is 67.2. The highest BCUT2D eigenvalue weighted by Gasteiger charge is 2.51. The van der Waals surface area contributed by atoms with Crippen molar-refractivity contribution in [2.45, 2.75) is 162 Å². The van der Waals surface area contributed by atoms with E-state index in [0.717, 1.165) is 13.0 Å². The zero-order valence-electron chi connectivity index (χ0n) is 50.6. The Bertz CT molecular complexity index is 2970. The van der Waals surface area contributed by atoms with Gasteiger partial charge in [0.25, 0.3) is 11.7 Å². The van der Waals surface area contributed by atoms with Crippen LogP contribution in [0.5, 0.6) is 17.2 Å². The zero-order chi connectivity index (χ0) is 61.8. The molecule has 5 N–H and O–H groups in total. The van der Waals surface area contributed by atoms with Crippen molar-refractivity contribution in [1.82, 2.24) is 15.1 Å². The van der Waals surface area contributed by atoms with Gasteiger partial charge in [0.2, 0.25) is 0 Å². The van der Waals surface area contributed by atoms with Crippen LogP contribution in [-0.2, 0) is 47.2 Å². The minimum atomic E-state index is -2.03. The SMILES string of the molecule is CCCCOC(=O)NCCN(CCCCC(P=O)P=O)CC(=O)OC1C(C)/C=C\C=C(C)C(=O)N=c2c(O)c3c(O)c(C)c4c(c3c3c2=NC2(CCN(CC(C)C)CC2)N3)C(=O)C(C)(OC=CC(OC)C(C)C(OC(C)=O)C(C)C(O)C1C)O4. The number of ketones is 1. The van der Waals surface area contributed by atoms with Crippen LogP contribution >= 0.6 is 16.9 Å². The summed E-state index contributed by atoms with van der Waals surface area (Å²) < 4.78 is 59.0. The van der Waals surface area contributed by atoms with Crippen molar-refractivity contribution in [3.8, 4) is 17.2 Å². The fraction of sp³-hybridized carbons (Fsp3) is 0.650. The number of amides is 2. The van der Waals surface area contributed by atoms with Crippen LogP contribution in [0.1, 0.15) is 130 Å². The number of phenolic OH excluding ortho intramolecular Hbond substituents is 2. The minimum Gasteiger partial charge on any atom is -0.507 e. The Morgan fingerprint density at radius 2 is 1.63 bits per heavy atom. The summed E-state index contributed by atoms with van der Waals surface area (Å²) in [5.41, 5.74) is -0.390. The van der Waals surface area contributed by atoms with Crippen LogP contribution in [0.25, 0.3) is 10.8 Å². The normalized spacial score (nSPS) is 26.3. The predicted octanol–water partition coefficient (Wildman–Crippen LogP) is 8.21. The van der Waals surface area contributed by atoms with E-state index < -0.39 is 106 Å². The third kappa shape index (κ3) is 15.9. The zero-order valence-corrected chi connectivity index (χ0v) is 52.4. The molecule has 0 aliphatic carbocycles. The van der Waals surface area contributed by atoms with Crippen LogP contribution in [0.3, 0.4) is 0 Å². The molecule has 1 spiro atoms. The number of likely N-dealkylation sites (tertiary alicyclic amines) is 1. The van der Waals surface area contributed by atoms with Gasteiger partial charge < -0.3 is 59.3 Å². The second-order valence-corrected chi connectivity index (χ2v) is 25.4. The number of carbonyl (C=O) groups is 5. The van der Waals surface area contributed by atoms with E-state index in [1.54, 1.807) is 44.7 Å². The number of fused-ring (bicyclic) bond motifs is 13. The van der Waals surface area contributed by atoms with Crippen LogP contribution in [0.2, 0.25) is 0 Å². The number of nitrogens with one attached hydrogen (secondary N) is 2. The van der Waals surface area contributed by atoms with Crippen molar-refractivity contribution in [3.05, 3.63) is 58.0 Å². The van der Waals surface area contributed by atoms with Gasteiger partial charge in [-0.15, -0.1) is 0 Å². The number of Topliss-reactive ketones (excluding diaryl/α,β-unsaturated/α-hetero) is 1. The van der Waals surface area contributed by atoms with E-state index in [0.29, 0.717) is 64.1 Å². The lowest BCUT2D eigenvalue weighted by atomic mass is 9.78. The van der Waals surface area contributed by atoms with Crippen molar-refractivity contribution in [3.63, 3.8) is 0 Å². The molecule has 2 aromatic rings. The lowest BCUT2D eigenvalue weighted by Gasteiger charge is -2.39. The summed E-state index contributed by atoms with van der Waals surface area (Å²) in [5.74, 6) is -8.31.